The Morgan fingerprint density at radius 1 is 1.22 bits per heavy atom. The molecule has 6 heteroatoms. The monoisotopic (exact) mass is 251 g/mol. The van der Waals surface area contributed by atoms with Gasteiger partial charge in [-0.3, -0.25) is 14.9 Å². The molecule has 2 amide bonds. The quantitative estimate of drug-likeness (QED) is 0.650. The van der Waals surface area contributed by atoms with E-state index in [1.165, 1.54) is 19.1 Å². The van der Waals surface area contributed by atoms with E-state index in [2.05, 4.69) is 4.74 Å². The predicted molar refractivity (Wildman–Crippen MR) is 62.2 cm³/mol. The Morgan fingerprint density at radius 2 is 1.89 bits per heavy atom. The number of rotatable bonds is 3. The van der Waals surface area contributed by atoms with Crippen molar-refractivity contribution in [2.24, 2.45) is 0 Å². The lowest BCUT2D eigenvalue weighted by Crippen LogP contribution is -2.31. The van der Waals surface area contributed by atoms with Crippen LogP contribution in [0.15, 0.2) is 24.3 Å². The number of benzene rings is 1. The third-order valence-electron chi connectivity index (χ3n) is 1.88. The summed E-state index contributed by atoms with van der Waals surface area (Å²) in [6, 6.07) is 6.10. The van der Waals surface area contributed by atoms with Crippen LogP contribution in [0.4, 0.5) is 4.79 Å². The van der Waals surface area contributed by atoms with Crippen molar-refractivity contribution in [1.82, 2.24) is 5.32 Å². The molecule has 0 fully saturated rings. The van der Waals surface area contributed by atoms with Crippen LogP contribution in [0.2, 0.25) is 0 Å². The number of carbonyl (C=O) groups excluding carboxylic acids is 3. The lowest BCUT2D eigenvalue weighted by molar-refractivity contribution is -0.131. The Bertz CT molecular complexity index is 469. The van der Waals surface area contributed by atoms with Gasteiger partial charge in [-0.1, -0.05) is 12.1 Å². The number of imide groups is 1. The SMILES string of the molecule is CCOC(=O)NC(=O)c1ccccc1OC(C)=O. The fourth-order valence-corrected chi connectivity index (χ4v) is 1.23. The molecule has 1 rings (SSSR count). The molecule has 0 aliphatic carbocycles. The standard InChI is InChI=1S/C12H13NO5/c1-3-17-12(16)13-11(15)9-6-4-5-7-10(9)18-8(2)14/h4-7H,3H2,1-2H3,(H,13,15,16). The summed E-state index contributed by atoms with van der Waals surface area (Å²) in [4.78, 5) is 33.7. The van der Waals surface area contributed by atoms with Gasteiger partial charge in [0, 0.05) is 6.92 Å². The zero-order valence-corrected chi connectivity index (χ0v) is 10.1. The molecule has 0 heterocycles. The molecular weight excluding hydrogens is 238 g/mol. The highest BCUT2D eigenvalue weighted by molar-refractivity contribution is 6.04. The van der Waals surface area contributed by atoms with Crippen LogP contribution in [-0.2, 0) is 9.53 Å². The van der Waals surface area contributed by atoms with Gasteiger partial charge in [-0.05, 0) is 19.1 Å². The molecule has 1 aromatic carbocycles. The lowest BCUT2D eigenvalue weighted by Gasteiger charge is -2.08. The maximum atomic E-state index is 11.7. The van der Waals surface area contributed by atoms with Gasteiger partial charge in [-0.15, -0.1) is 0 Å². The molecule has 0 spiro atoms. The molecule has 0 saturated heterocycles. The number of amides is 2. The van der Waals surface area contributed by atoms with Gasteiger partial charge in [0.05, 0.1) is 12.2 Å². The van der Waals surface area contributed by atoms with Crippen LogP contribution in [0.25, 0.3) is 0 Å². The summed E-state index contributed by atoms with van der Waals surface area (Å²) in [5, 5.41) is 2.02. The average Bonchev–Trinajstić information content (AvgIpc) is 2.28. The molecule has 0 saturated carbocycles. The van der Waals surface area contributed by atoms with Crippen molar-refractivity contribution in [2.45, 2.75) is 13.8 Å². The summed E-state index contributed by atoms with van der Waals surface area (Å²) in [6.07, 6.45) is -0.847. The molecule has 0 unspecified atom stereocenters. The molecule has 1 aromatic rings. The summed E-state index contributed by atoms with van der Waals surface area (Å²) in [6.45, 7) is 3.00. The van der Waals surface area contributed by atoms with E-state index >= 15 is 0 Å². The van der Waals surface area contributed by atoms with Crippen LogP contribution in [-0.4, -0.2) is 24.6 Å². The Morgan fingerprint density at radius 3 is 2.50 bits per heavy atom. The summed E-state index contributed by atoms with van der Waals surface area (Å²) in [5.74, 6) is -1.15. The number of nitrogens with one attached hydrogen (secondary N) is 1. The number of carbonyl (C=O) groups is 3. The first-order valence-electron chi connectivity index (χ1n) is 5.30. The van der Waals surface area contributed by atoms with Crippen molar-refractivity contribution in [2.75, 3.05) is 6.61 Å². The zero-order valence-electron chi connectivity index (χ0n) is 10.1. The first kappa shape index (κ1) is 13.7. The largest absolute Gasteiger partial charge is 0.450 e. The number of alkyl carbamates (subject to hydrolysis) is 1. The van der Waals surface area contributed by atoms with E-state index in [9.17, 15) is 14.4 Å². The number of esters is 1. The Balaban J connectivity index is 2.84. The van der Waals surface area contributed by atoms with Crippen LogP contribution in [0.5, 0.6) is 5.75 Å². The van der Waals surface area contributed by atoms with Crippen LogP contribution in [0.3, 0.4) is 0 Å². The number of hydrogen-bond donors (Lipinski definition) is 1. The van der Waals surface area contributed by atoms with Crippen LogP contribution >= 0.6 is 0 Å². The van der Waals surface area contributed by atoms with E-state index in [-0.39, 0.29) is 17.9 Å². The minimum absolute atomic E-state index is 0.0840. The van der Waals surface area contributed by atoms with Gasteiger partial charge in [-0.2, -0.15) is 0 Å². The predicted octanol–water partition coefficient (Wildman–Crippen LogP) is 1.50. The Kier molecular flexibility index (Phi) is 4.86. The van der Waals surface area contributed by atoms with E-state index in [0.29, 0.717) is 0 Å². The van der Waals surface area contributed by atoms with E-state index in [0.717, 1.165) is 0 Å². The highest BCUT2D eigenvalue weighted by atomic mass is 16.5. The molecule has 0 radical (unpaired) electrons. The van der Waals surface area contributed by atoms with Crippen molar-refractivity contribution >= 4 is 18.0 Å². The molecule has 18 heavy (non-hydrogen) atoms. The molecule has 0 bridgehead atoms. The van der Waals surface area contributed by atoms with Crippen molar-refractivity contribution < 1.29 is 23.9 Å². The van der Waals surface area contributed by atoms with Crippen molar-refractivity contribution in [3.05, 3.63) is 29.8 Å². The molecule has 6 nitrogen and oxygen atoms in total. The van der Waals surface area contributed by atoms with Gasteiger partial charge in [0.2, 0.25) is 0 Å². The molecule has 1 N–H and O–H groups in total. The van der Waals surface area contributed by atoms with Gasteiger partial charge in [0.15, 0.2) is 0 Å². The number of hydrogen-bond acceptors (Lipinski definition) is 5. The summed E-state index contributed by atoms with van der Waals surface area (Å²) >= 11 is 0. The van der Waals surface area contributed by atoms with Gasteiger partial charge in [-0.25, -0.2) is 4.79 Å². The van der Waals surface area contributed by atoms with E-state index < -0.39 is 18.0 Å². The maximum Gasteiger partial charge on any atom is 0.414 e. The number of para-hydroxylation sites is 1. The highest BCUT2D eigenvalue weighted by Gasteiger charge is 2.16. The molecular formula is C12H13NO5. The fourth-order valence-electron chi connectivity index (χ4n) is 1.23. The topological polar surface area (TPSA) is 81.7 Å². The summed E-state index contributed by atoms with van der Waals surface area (Å²) < 4.78 is 9.43. The Hall–Kier alpha value is -2.37. The second kappa shape index (κ2) is 6.39. The van der Waals surface area contributed by atoms with Crippen LogP contribution in [0, 0.1) is 0 Å². The van der Waals surface area contributed by atoms with Gasteiger partial charge in [0.25, 0.3) is 5.91 Å². The van der Waals surface area contributed by atoms with Crippen LogP contribution < -0.4 is 10.1 Å². The lowest BCUT2D eigenvalue weighted by atomic mass is 10.2. The highest BCUT2D eigenvalue weighted by Crippen LogP contribution is 2.17. The van der Waals surface area contributed by atoms with Gasteiger partial charge < -0.3 is 9.47 Å². The van der Waals surface area contributed by atoms with E-state index in [1.54, 1.807) is 19.1 Å². The average molecular weight is 251 g/mol. The summed E-state index contributed by atoms with van der Waals surface area (Å²) in [5.41, 5.74) is 0.0840. The van der Waals surface area contributed by atoms with E-state index in [1.807, 2.05) is 5.32 Å². The first-order chi connectivity index (χ1) is 8.54. The minimum atomic E-state index is -0.847. The Labute approximate surface area is 104 Å². The second-order valence-electron chi connectivity index (χ2n) is 3.26. The van der Waals surface area contributed by atoms with Crippen molar-refractivity contribution in [3.63, 3.8) is 0 Å². The molecule has 0 atom stereocenters. The van der Waals surface area contributed by atoms with Gasteiger partial charge in [0.1, 0.15) is 5.75 Å². The smallest absolute Gasteiger partial charge is 0.414 e. The van der Waals surface area contributed by atoms with Gasteiger partial charge >= 0.3 is 12.1 Å². The zero-order chi connectivity index (χ0) is 13.5. The number of ether oxygens (including phenoxy) is 2. The van der Waals surface area contributed by atoms with E-state index in [4.69, 9.17) is 4.74 Å². The minimum Gasteiger partial charge on any atom is -0.450 e. The molecule has 96 valence electrons. The first-order valence-corrected chi connectivity index (χ1v) is 5.30. The molecule has 0 aliphatic rings. The fraction of sp³-hybridized carbons (Fsp3) is 0.250. The maximum absolute atomic E-state index is 11.7. The molecule has 0 aliphatic heterocycles. The second-order valence-corrected chi connectivity index (χ2v) is 3.26. The molecule has 0 aromatic heterocycles. The summed E-state index contributed by atoms with van der Waals surface area (Å²) in [7, 11) is 0. The normalized spacial score (nSPS) is 9.44. The van der Waals surface area contributed by atoms with Crippen molar-refractivity contribution in [3.8, 4) is 5.75 Å². The van der Waals surface area contributed by atoms with Crippen molar-refractivity contribution in [1.29, 1.82) is 0 Å². The third-order valence-corrected chi connectivity index (χ3v) is 1.88. The van der Waals surface area contributed by atoms with Crippen LogP contribution in [0.1, 0.15) is 24.2 Å². The third kappa shape index (κ3) is 3.89.